The van der Waals surface area contributed by atoms with Crippen LogP contribution in [-0.4, -0.2) is 49.7 Å². The molecule has 2 atom stereocenters. The molecule has 17 aromatic rings. The first-order valence-corrected chi connectivity index (χ1v) is 29.9. The van der Waals surface area contributed by atoms with Gasteiger partial charge >= 0.3 is 0 Å². The van der Waals surface area contributed by atoms with E-state index in [1.165, 1.54) is 0 Å². The van der Waals surface area contributed by atoms with Crippen molar-refractivity contribution in [2.45, 2.75) is 12.0 Å². The van der Waals surface area contributed by atoms with Gasteiger partial charge in [-0.05, 0) is 161 Å². The molecule has 0 bridgehead atoms. The largest absolute Gasteiger partial charge is 0.483 e. The smallest absolute Gasteiger partial charge is 0.163 e. The summed E-state index contributed by atoms with van der Waals surface area (Å²) < 4.78 is 20.8. The highest BCUT2D eigenvalue weighted by Crippen LogP contribution is 2.50. The van der Waals surface area contributed by atoms with Crippen LogP contribution in [-0.2, 0) is 0 Å². The summed E-state index contributed by atoms with van der Waals surface area (Å²) >= 11 is 0. The van der Waals surface area contributed by atoms with E-state index in [0.717, 1.165) is 150 Å². The van der Waals surface area contributed by atoms with E-state index in [4.69, 9.17) is 39.1 Å². The van der Waals surface area contributed by atoms with Crippen LogP contribution in [0.3, 0.4) is 0 Å². The monoisotopic (exact) mass is 1140 g/mol. The van der Waals surface area contributed by atoms with E-state index < -0.39 is 0 Å². The number of pyridine rings is 6. The number of aromatic nitrogens is 9. The number of hydrogen-bond acceptors (Lipinski definition) is 8. The Morgan fingerprint density at radius 3 is 1.60 bits per heavy atom. The van der Waals surface area contributed by atoms with Gasteiger partial charge in [-0.15, -0.1) is 0 Å². The third-order valence-corrected chi connectivity index (χ3v) is 18.1. The molecule has 11 heterocycles. The molecule has 0 amide bonds. The van der Waals surface area contributed by atoms with Crippen molar-refractivity contribution in [2.24, 2.45) is 0 Å². The highest BCUT2D eigenvalue weighted by Gasteiger charge is 2.37. The van der Waals surface area contributed by atoms with Gasteiger partial charge in [0.1, 0.15) is 39.7 Å². The molecule has 0 radical (unpaired) electrons. The summed E-state index contributed by atoms with van der Waals surface area (Å²) in [5.74, 6) is 1.56. The van der Waals surface area contributed by atoms with E-state index in [2.05, 4.69) is 202 Å². The van der Waals surface area contributed by atoms with Gasteiger partial charge in [0.2, 0.25) is 0 Å². The van der Waals surface area contributed by atoms with E-state index in [1.54, 1.807) is 12.4 Å². The van der Waals surface area contributed by atoms with Crippen molar-refractivity contribution >= 4 is 93.6 Å². The molecule has 11 nitrogen and oxygen atoms in total. The average Bonchev–Trinajstić information content (AvgIpc) is 1.64. The minimum Gasteiger partial charge on any atom is -0.483 e. The number of furan rings is 1. The Hall–Kier alpha value is -12.1. The average molecular weight is 1140 g/mol. The standard InChI is InChI=1S/C78H47N9O2/c1-3-16-53(61-20-7-9-37-79-61)50(14-1)46-26-30-64-58(42-46)59-43-47(51-15-2-4-17-54(51)62-21-8-10-38-80-62)27-31-65(59)85(64)49-29-33-70-60(45-49)56-19-11-23-69(77(56)88-70)86-63-22-6-5-18-55(63)57-44-48(28-32-66(57)86)52-36-41-83-76-75-71(89-78(52)76)34-35-72(84-75)87-67-24-12-39-81-73(67)74-68(87)25-13-40-82-74/h1-45,60,70H. The lowest BCUT2D eigenvalue weighted by atomic mass is 9.90. The Morgan fingerprint density at radius 1 is 0.371 bits per heavy atom. The first-order valence-electron chi connectivity index (χ1n) is 29.9. The topological polar surface area (TPSA) is 114 Å². The van der Waals surface area contributed by atoms with E-state index in [-0.39, 0.29) is 12.0 Å². The number of benzene rings is 7. The molecule has 10 aromatic heterocycles. The second kappa shape index (κ2) is 19.2. The number of para-hydroxylation sites is 2. The molecule has 1 aliphatic heterocycles. The van der Waals surface area contributed by atoms with Gasteiger partial charge in [0.15, 0.2) is 11.2 Å². The third kappa shape index (κ3) is 7.45. The molecule has 0 fully saturated rings. The van der Waals surface area contributed by atoms with Crippen LogP contribution >= 0.6 is 0 Å². The van der Waals surface area contributed by atoms with Gasteiger partial charge in [-0.3, -0.25) is 29.5 Å². The highest BCUT2D eigenvalue weighted by atomic mass is 16.5. The lowest BCUT2D eigenvalue weighted by Gasteiger charge is -2.20. The normalized spacial score (nSPS) is 14.6. The molecule has 89 heavy (non-hydrogen) atoms. The predicted molar refractivity (Wildman–Crippen MR) is 356 cm³/mol. The predicted octanol–water partition coefficient (Wildman–Crippen LogP) is 18.5. The van der Waals surface area contributed by atoms with Crippen molar-refractivity contribution in [1.29, 1.82) is 0 Å². The second-order valence-corrected chi connectivity index (χ2v) is 22.9. The minimum atomic E-state index is -0.202. The summed E-state index contributed by atoms with van der Waals surface area (Å²) in [5, 5.41) is 4.56. The quantitative estimate of drug-likeness (QED) is 0.148. The molecule has 0 N–H and O–H groups in total. The fourth-order valence-electron chi connectivity index (χ4n) is 14.2. The van der Waals surface area contributed by atoms with Crippen molar-refractivity contribution < 1.29 is 9.15 Å². The Kier molecular flexibility index (Phi) is 10.6. The maximum atomic E-state index is 7.17. The molecule has 0 saturated carbocycles. The van der Waals surface area contributed by atoms with Gasteiger partial charge in [-0.1, -0.05) is 109 Å². The zero-order valence-corrected chi connectivity index (χ0v) is 47.5. The lowest BCUT2D eigenvalue weighted by molar-refractivity contribution is 0.268. The van der Waals surface area contributed by atoms with Crippen LogP contribution < -0.4 is 4.74 Å². The van der Waals surface area contributed by atoms with Gasteiger partial charge in [0.05, 0.1) is 50.2 Å². The van der Waals surface area contributed by atoms with E-state index in [1.807, 2.05) is 73.2 Å². The Balaban J connectivity index is 0.720. The maximum absolute atomic E-state index is 7.17. The van der Waals surface area contributed by atoms with Crippen LogP contribution in [0.4, 0.5) is 0 Å². The number of ether oxygens (including phenoxy) is 1. The van der Waals surface area contributed by atoms with Crippen LogP contribution in [0.15, 0.2) is 278 Å². The van der Waals surface area contributed by atoms with Gasteiger partial charge in [0.25, 0.3) is 0 Å². The zero-order chi connectivity index (χ0) is 58.3. The highest BCUT2D eigenvalue weighted by molar-refractivity contribution is 6.15. The Labute approximate surface area is 508 Å². The molecule has 11 heteroatoms. The Morgan fingerprint density at radius 2 is 0.933 bits per heavy atom. The number of hydrogen-bond donors (Lipinski definition) is 0. The van der Waals surface area contributed by atoms with Gasteiger partial charge in [-0.25, -0.2) is 4.98 Å². The fraction of sp³-hybridized carbons (Fsp3) is 0.0256. The van der Waals surface area contributed by atoms with Crippen molar-refractivity contribution in [3.8, 4) is 73.2 Å². The first kappa shape index (κ1) is 49.2. The fourth-order valence-corrected chi connectivity index (χ4v) is 14.2. The molecule has 0 spiro atoms. The van der Waals surface area contributed by atoms with Crippen LogP contribution in [0, 0.1) is 0 Å². The number of fused-ring (bicyclic) bond motifs is 15. The van der Waals surface area contributed by atoms with E-state index in [0.29, 0.717) is 22.2 Å². The molecule has 2 unspecified atom stereocenters. The van der Waals surface area contributed by atoms with Crippen molar-refractivity contribution in [1.82, 2.24) is 43.6 Å². The van der Waals surface area contributed by atoms with E-state index in [9.17, 15) is 0 Å². The molecule has 19 rings (SSSR count). The van der Waals surface area contributed by atoms with Crippen molar-refractivity contribution in [3.63, 3.8) is 0 Å². The van der Waals surface area contributed by atoms with Crippen LogP contribution in [0.1, 0.15) is 11.5 Å². The molecule has 7 aromatic carbocycles. The lowest BCUT2D eigenvalue weighted by Crippen LogP contribution is -2.18. The van der Waals surface area contributed by atoms with Crippen molar-refractivity contribution in [3.05, 3.63) is 279 Å². The third-order valence-electron chi connectivity index (χ3n) is 18.1. The summed E-state index contributed by atoms with van der Waals surface area (Å²) in [5.41, 5.74) is 24.3. The van der Waals surface area contributed by atoms with Crippen LogP contribution in [0.5, 0.6) is 5.75 Å². The summed E-state index contributed by atoms with van der Waals surface area (Å²) in [7, 11) is 0. The van der Waals surface area contributed by atoms with Crippen molar-refractivity contribution in [2.75, 3.05) is 0 Å². The summed E-state index contributed by atoms with van der Waals surface area (Å²) in [6, 6.07) is 79.1. The van der Waals surface area contributed by atoms with E-state index >= 15 is 0 Å². The van der Waals surface area contributed by atoms with Gasteiger partial charge < -0.3 is 18.3 Å². The molecular formula is C78H47N9O2. The van der Waals surface area contributed by atoms with Crippen LogP contribution in [0.2, 0.25) is 0 Å². The number of allylic oxidation sites excluding steroid dienone is 2. The number of nitrogens with zero attached hydrogens (tertiary/aromatic N) is 9. The maximum Gasteiger partial charge on any atom is 0.163 e. The molecular weight excluding hydrogens is 1090 g/mol. The molecule has 0 saturated heterocycles. The number of rotatable bonds is 8. The molecule has 416 valence electrons. The molecule has 2 aliphatic rings. The molecule has 1 aliphatic carbocycles. The van der Waals surface area contributed by atoms with Gasteiger partial charge in [-0.2, -0.15) is 0 Å². The van der Waals surface area contributed by atoms with Gasteiger partial charge in [0, 0.05) is 86.4 Å². The Bertz CT molecular complexity index is 5680. The summed E-state index contributed by atoms with van der Waals surface area (Å²) in [6.07, 6.45) is 15.9. The first-order chi connectivity index (χ1) is 44.1. The zero-order valence-electron chi connectivity index (χ0n) is 47.5. The SMILES string of the molecule is C1=CC2Oc3c(cccc3-n3c4ccccc4c4cc(-c5ccnc6c5oc5ccc(-n7c8cccnc8c8ncccc87)nc56)ccc43)C2C=C1n1c2ccc(-c3ccccc3-c3ccccn3)cc2c2cc(-c3ccccc3-c3ccccn3)ccc21. The van der Waals surface area contributed by atoms with Crippen LogP contribution in [0.25, 0.3) is 161 Å². The minimum absolute atomic E-state index is 0.0503. The summed E-state index contributed by atoms with van der Waals surface area (Å²) in [6.45, 7) is 0. The second-order valence-electron chi connectivity index (χ2n) is 22.9. The summed E-state index contributed by atoms with van der Waals surface area (Å²) in [4.78, 5) is 29.1.